The summed E-state index contributed by atoms with van der Waals surface area (Å²) in [5.74, 6) is 2.53. The van der Waals surface area contributed by atoms with Crippen LogP contribution < -0.4 is 0 Å². The van der Waals surface area contributed by atoms with Crippen LogP contribution in [0.3, 0.4) is 0 Å². The Bertz CT molecular complexity index is 1060. The van der Waals surface area contributed by atoms with Gasteiger partial charge in [0.05, 0.1) is 11.1 Å². The summed E-state index contributed by atoms with van der Waals surface area (Å²) in [6, 6.07) is 11.8. The number of aromatic nitrogens is 1. The number of fused-ring (bicyclic) bond motifs is 1. The van der Waals surface area contributed by atoms with Crippen LogP contribution in [0.25, 0.3) is 22.4 Å². The summed E-state index contributed by atoms with van der Waals surface area (Å²) in [6.45, 7) is 8.67. The third-order valence-electron chi connectivity index (χ3n) is 6.06. The second kappa shape index (κ2) is 7.30. The molecule has 3 aromatic rings. The van der Waals surface area contributed by atoms with Crippen molar-refractivity contribution in [2.45, 2.75) is 26.7 Å². The highest BCUT2D eigenvalue weighted by Crippen LogP contribution is 2.31. The van der Waals surface area contributed by atoms with Crippen LogP contribution in [0, 0.1) is 19.8 Å². The first kappa shape index (κ1) is 18.4. The topological polar surface area (TPSA) is 49.6 Å². The second-order valence-electron chi connectivity index (χ2n) is 8.52. The lowest BCUT2D eigenvalue weighted by molar-refractivity contribution is 0.0634. The number of amides is 1. The van der Waals surface area contributed by atoms with E-state index in [0.717, 1.165) is 59.9 Å². The van der Waals surface area contributed by atoms with Crippen LogP contribution in [0.4, 0.5) is 0 Å². The van der Waals surface area contributed by atoms with Gasteiger partial charge in [0.1, 0.15) is 11.5 Å². The zero-order valence-corrected chi connectivity index (χ0v) is 17.1. The van der Waals surface area contributed by atoms with Gasteiger partial charge >= 0.3 is 0 Å². The van der Waals surface area contributed by atoms with Gasteiger partial charge in [0.25, 0.3) is 5.91 Å². The number of aryl methyl sites for hydroxylation is 2. The zero-order valence-electron chi connectivity index (χ0n) is 17.1. The largest absolute Gasteiger partial charge is 0.460 e. The van der Waals surface area contributed by atoms with Gasteiger partial charge in [-0.25, -0.2) is 4.98 Å². The molecule has 0 spiro atoms. The fourth-order valence-corrected chi connectivity index (χ4v) is 4.18. The van der Waals surface area contributed by atoms with Gasteiger partial charge in [0.2, 0.25) is 0 Å². The lowest BCUT2D eigenvalue weighted by atomic mass is 10.0. The van der Waals surface area contributed by atoms with E-state index in [0.29, 0.717) is 11.5 Å². The van der Waals surface area contributed by atoms with E-state index in [2.05, 4.69) is 11.0 Å². The third-order valence-corrected chi connectivity index (χ3v) is 6.06. The monoisotopic (exact) mass is 389 g/mol. The first-order valence-electron chi connectivity index (χ1n) is 10.6. The first-order chi connectivity index (χ1) is 14.1. The predicted octanol–water partition coefficient (Wildman–Crippen LogP) is 4.28. The number of furan rings is 1. The summed E-state index contributed by atoms with van der Waals surface area (Å²) in [5, 5.41) is 0.919. The lowest BCUT2D eigenvalue weighted by Gasteiger charge is -2.35. The highest BCUT2D eigenvalue weighted by atomic mass is 16.3. The van der Waals surface area contributed by atoms with Crippen molar-refractivity contribution in [1.29, 1.82) is 0 Å². The molecule has 5 rings (SSSR count). The lowest BCUT2D eigenvalue weighted by Crippen LogP contribution is -2.49. The van der Waals surface area contributed by atoms with Crippen LogP contribution in [0.2, 0.25) is 0 Å². The summed E-state index contributed by atoms with van der Waals surface area (Å²) in [5.41, 5.74) is 3.39. The molecule has 0 unspecified atom stereocenters. The van der Waals surface area contributed by atoms with Gasteiger partial charge in [-0.15, -0.1) is 0 Å². The normalized spacial score (nSPS) is 17.8. The van der Waals surface area contributed by atoms with Crippen molar-refractivity contribution in [1.82, 2.24) is 14.8 Å². The molecule has 2 aliphatic rings. The predicted molar refractivity (Wildman–Crippen MR) is 114 cm³/mol. The standard InChI is InChI=1S/C24H27N3O2/c1-16-3-7-21-19(13-16)20(14-22(25-21)23-8-4-17(2)29-23)24(28)27-11-9-26(10-12-27)15-18-5-6-18/h3-4,7-8,13-14,18H,5-6,9-12,15H2,1-2H3. The van der Waals surface area contributed by atoms with Gasteiger partial charge in [-0.2, -0.15) is 0 Å². The van der Waals surface area contributed by atoms with Crippen molar-refractivity contribution in [3.05, 3.63) is 53.3 Å². The first-order valence-corrected chi connectivity index (χ1v) is 10.6. The second-order valence-corrected chi connectivity index (χ2v) is 8.52. The number of nitrogens with zero attached hydrogens (tertiary/aromatic N) is 3. The highest BCUT2D eigenvalue weighted by molar-refractivity contribution is 6.07. The minimum Gasteiger partial charge on any atom is -0.460 e. The van der Waals surface area contributed by atoms with E-state index < -0.39 is 0 Å². The van der Waals surface area contributed by atoms with Crippen LogP contribution >= 0.6 is 0 Å². The molecular formula is C24H27N3O2. The Morgan fingerprint density at radius 2 is 1.86 bits per heavy atom. The molecule has 3 heterocycles. The molecule has 2 fully saturated rings. The Balaban J connectivity index is 1.47. The molecular weight excluding hydrogens is 362 g/mol. The van der Waals surface area contributed by atoms with Crippen molar-refractivity contribution in [3.8, 4) is 11.5 Å². The number of hydrogen-bond acceptors (Lipinski definition) is 4. The van der Waals surface area contributed by atoms with E-state index in [1.807, 2.05) is 49.1 Å². The SMILES string of the molecule is Cc1ccc2nc(-c3ccc(C)o3)cc(C(=O)N3CCN(CC4CC4)CC3)c2c1. The molecule has 0 bridgehead atoms. The molecule has 5 heteroatoms. The fourth-order valence-electron chi connectivity index (χ4n) is 4.18. The van der Waals surface area contributed by atoms with E-state index in [1.54, 1.807) is 0 Å². The average molecular weight is 389 g/mol. The summed E-state index contributed by atoms with van der Waals surface area (Å²) >= 11 is 0. The Morgan fingerprint density at radius 3 is 2.55 bits per heavy atom. The van der Waals surface area contributed by atoms with Gasteiger partial charge < -0.3 is 9.32 Å². The molecule has 150 valence electrons. The van der Waals surface area contributed by atoms with Crippen molar-refractivity contribution < 1.29 is 9.21 Å². The number of pyridine rings is 1. The van der Waals surface area contributed by atoms with Crippen molar-refractivity contribution in [2.24, 2.45) is 5.92 Å². The molecule has 2 aromatic heterocycles. The van der Waals surface area contributed by atoms with E-state index in [9.17, 15) is 4.79 Å². The quantitative estimate of drug-likeness (QED) is 0.668. The van der Waals surface area contributed by atoms with E-state index in [4.69, 9.17) is 9.40 Å². The number of rotatable bonds is 4. The maximum absolute atomic E-state index is 13.5. The molecule has 1 aromatic carbocycles. The Morgan fingerprint density at radius 1 is 1.07 bits per heavy atom. The van der Waals surface area contributed by atoms with Gasteiger partial charge in [0, 0.05) is 38.1 Å². The van der Waals surface area contributed by atoms with Crippen LogP contribution in [0.5, 0.6) is 0 Å². The molecule has 1 aliphatic carbocycles. The Labute approximate surface area is 171 Å². The molecule has 1 saturated carbocycles. The molecule has 0 atom stereocenters. The van der Waals surface area contributed by atoms with Crippen molar-refractivity contribution >= 4 is 16.8 Å². The molecule has 29 heavy (non-hydrogen) atoms. The summed E-state index contributed by atoms with van der Waals surface area (Å²) < 4.78 is 5.79. The van der Waals surface area contributed by atoms with Crippen molar-refractivity contribution in [3.63, 3.8) is 0 Å². The highest BCUT2D eigenvalue weighted by Gasteiger charge is 2.28. The van der Waals surface area contributed by atoms with Crippen LogP contribution in [-0.4, -0.2) is 53.4 Å². The molecule has 1 aliphatic heterocycles. The van der Waals surface area contributed by atoms with Gasteiger partial charge in [-0.05, 0) is 62.9 Å². The summed E-state index contributed by atoms with van der Waals surface area (Å²) in [6.07, 6.45) is 2.74. The van der Waals surface area contributed by atoms with Crippen molar-refractivity contribution in [2.75, 3.05) is 32.7 Å². The summed E-state index contributed by atoms with van der Waals surface area (Å²) in [4.78, 5) is 22.8. The van der Waals surface area contributed by atoms with Gasteiger partial charge in [-0.1, -0.05) is 11.6 Å². The fraction of sp³-hybridized carbons (Fsp3) is 0.417. The smallest absolute Gasteiger partial charge is 0.254 e. The number of carbonyl (C=O) groups is 1. The van der Waals surface area contributed by atoms with E-state index >= 15 is 0 Å². The molecule has 1 amide bonds. The molecule has 0 radical (unpaired) electrons. The minimum atomic E-state index is 0.0959. The van der Waals surface area contributed by atoms with Crippen LogP contribution in [0.15, 0.2) is 40.8 Å². The maximum atomic E-state index is 13.5. The zero-order chi connectivity index (χ0) is 20.0. The minimum absolute atomic E-state index is 0.0959. The van der Waals surface area contributed by atoms with Crippen LogP contribution in [-0.2, 0) is 0 Å². The molecule has 0 N–H and O–H groups in total. The number of benzene rings is 1. The maximum Gasteiger partial charge on any atom is 0.254 e. The average Bonchev–Trinajstić information content (AvgIpc) is 3.44. The third kappa shape index (κ3) is 3.79. The molecule has 5 nitrogen and oxygen atoms in total. The number of hydrogen-bond donors (Lipinski definition) is 0. The van der Waals surface area contributed by atoms with Gasteiger partial charge in [0.15, 0.2) is 5.76 Å². The summed E-state index contributed by atoms with van der Waals surface area (Å²) in [7, 11) is 0. The Hall–Kier alpha value is -2.66. The molecule has 1 saturated heterocycles. The van der Waals surface area contributed by atoms with Crippen LogP contribution in [0.1, 0.15) is 34.5 Å². The Kier molecular flexibility index (Phi) is 4.63. The van der Waals surface area contributed by atoms with Gasteiger partial charge in [-0.3, -0.25) is 9.69 Å². The van der Waals surface area contributed by atoms with E-state index in [-0.39, 0.29) is 5.91 Å². The number of piperazine rings is 1. The van der Waals surface area contributed by atoms with E-state index in [1.165, 1.54) is 19.4 Å². The number of carbonyl (C=O) groups excluding carboxylic acids is 1.